The lowest BCUT2D eigenvalue weighted by Gasteiger charge is -2.15. The number of rotatable bonds is 8. The van der Waals surface area contributed by atoms with Crippen LogP contribution in [0.5, 0.6) is 11.5 Å². The average Bonchev–Trinajstić information content (AvgIpc) is 2.81. The third-order valence-corrected chi connectivity index (χ3v) is 5.66. The summed E-state index contributed by atoms with van der Waals surface area (Å²) in [6.07, 6.45) is 1.41. The zero-order chi connectivity index (χ0) is 25.4. The fraction of sp³-hybridized carbons (Fsp3) is 0.192. The van der Waals surface area contributed by atoms with Crippen molar-refractivity contribution < 1.29 is 19.1 Å². The summed E-state index contributed by atoms with van der Waals surface area (Å²) in [6.45, 7) is 6.35. The molecule has 0 radical (unpaired) electrons. The molecule has 0 aliphatic rings. The molecule has 0 aliphatic heterocycles. The minimum Gasteiger partial charge on any atom is -0.490 e. The van der Waals surface area contributed by atoms with Crippen molar-refractivity contribution in [1.29, 1.82) is 0 Å². The summed E-state index contributed by atoms with van der Waals surface area (Å²) in [7, 11) is 0. The standard InChI is InChI=1S/C26H25BrClN3O4/c1-4-34-23-13-19(12-21(27)24(23)35-15-18-6-5-7-20(28)11-18)14-29-31-26(33)25(32)30-22-10-16(2)8-9-17(22)3/h5-14H,4,15H2,1-3H3,(H,30,32)(H,31,33). The molecule has 2 amide bonds. The number of carbonyl (C=O) groups is 2. The first-order valence-electron chi connectivity index (χ1n) is 10.8. The first-order valence-corrected chi connectivity index (χ1v) is 12.0. The van der Waals surface area contributed by atoms with Gasteiger partial charge < -0.3 is 14.8 Å². The van der Waals surface area contributed by atoms with Crippen LogP contribution in [-0.4, -0.2) is 24.6 Å². The summed E-state index contributed by atoms with van der Waals surface area (Å²) in [5, 5.41) is 7.13. The summed E-state index contributed by atoms with van der Waals surface area (Å²) in [5.74, 6) is -0.658. The maximum Gasteiger partial charge on any atom is 0.329 e. The smallest absolute Gasteiger partial charge is 0.329 e. The van der Waals surface area contributed by atoms with Crippen molar-refractivity contribution in [3.63, 3.8) is 0 Å². The predicted molar refractivity (Wildman–Crippen MR) is 141 cm³/mol. The summed E-state index contributed by atoms with van der Waals surface area (Å²) in [6, 6.07) is 16.5. The lowest BCUT2D eigenvalue weighted by Crippen LogP contribution is -2.32. The van der Waals surface area contributed by atoms with Gasteiger partial charge in [-0.3, -0.25) is 9.59 Å². The zero-order valence-electron chi connectivity index (χ0n) is 19.5. The lowest BCUT2D eigenvalue weighted by atomic mass is 10.1. The molecule has 2 N–H and O–H groups in total. The van der Waals surface area contributed by atoms with Crippen LogP contribution >= 0.6 is 27.5 Å². The first-order chi connectivity index (χ1) is 16.8. The minimum atomic E-state index is -0.882. The monoisotopic (exact) mass is 557 g/mol. The molecule has 3 aromatic rings. The van der Waals surface area contributed by atoms with Gasteiger partial charge in [0, 0.05) is 10.7 Å². The highest BCUT2D eigenvalue weighted by Crippen LogP contribution is 2.37. The molecule has 0 spiro atoms. The molecule has 3 aromatic carbocycles. The predicted octanol–water partition coefficient (Wildman–Crippen LogP) is 5.79. The van der Waals surface area contributed by atoms with E-state index in [1.165, 1.54) is 6.21 Å². The largest absolute Gasteiger partial charge is 0.490 e. The number of ether oxygens (including phenoxy) is 2. The van der Waals surface area contributed by atoms with E-state index in [4.69, 9.17) is 21.1 Å². The Morgan fingerprint density at radius 1 is 1.06 bits per heavy atom. The Kier molecular flexibility index (Phi) is 9.28. The van der Waals surface area contributed by atoms with Gasteiger partial charge in [-0.1, -0.05) is 35.9 Å². The maximum absolute atomic E-state index is 12.2. The Hall–Kier alpha value is -3.36. The molecule has 0 saturated heterocycles. The number of hydrogen-bond acceptors (Lipinski definition) is 5. The van der Waals surface area contributed by atoms with E-state index in [-0.39, 0.29) is 0 Å². The SMILES string of the molecule is CCOc1cc(C=NNC(=O)C(=O)Nc2cc(C)ccc2C)cc(Br)c1OCc1cccc(Cl)c1. The Morgan fingerprint density at radius 2 is 1.86 bits per heavy atom. The Morgan fingerprint density at radius 3 is 2.60 bits per heavy atom. The second-order valence-corrected chi connectivity index (χ2v) is 8.94. The van der Waals surface area contributed by atoms with Gasteiger partial charge >= 0.3 is 11.8 Å². The highest BCUT2D eigenvalue weighted by molar-refractivity contribution is 9.10. The molecular weight excluding hydrogens is 534 g/mol. The third kappa shape index (κ3) is 7.56. The molecular formula is C26H25BrClN3O4. The fourth-order valence-electron chi connectivity index (χ4n) is 3.11. The molecule has 0 fully saturated rings. The number of hydrazone groups is 1. The van der Waals surface area contributed by atoms with Crippen LogP contribution in [0.2, 0.25) is 5.02 Å². The van der Waals surface area contributed by atoms with Gasteiger partial charge in [0.2, 0.25) is 0 Å². The maximum atomic E-state index is 12.2. The summed E-state index contributed by atoms with van der Waals surface area (Å²) in [4.78, 5) is 24.4. The molecule has 0 aromatic heterocycles. The average molecular weight is 559 g/mol. The number of carbonyl (C=O) groups excluding carboxylic acids is 2. The van der Waals surface area contributed by atoms with Crippen molar-refractivity contribution in [2.45, 2.75) is 27.4 Å². The van der Waals surface area contributed by atoms with Gasteiger partial charge in [0.05, 0.1) is 17.3 Å². The molecule has 7 nitrogen and oxygen atoms in total. The van der Waals surface area contributed by atoms with Crippen LogP contribution in [0.15, 0.2) is 64.2 Å². The van der Waals surface area contributed by atoms with Crippen LogP contribution in [0.25, 0.3) is 0 Å². The lowest BCUT2D eigenvalue weighted by molar-refractivity contribution is -0.136. The highest BCUT2D eigenvalue weighted by Gasteiger charge is 2.15. The molecule has 0 bridgehead atoms. The van der Waals surface area contributed by atoms with E-state index in [9.17, 15) is 9.59 Å². The number of hydrogen-bond donors (Lipinski definition) is 2. The first kappa shape index (κ1) is 26.2. The summed E-state index contributed by atoms with van der Waals surface area (Å²) in [5.41, 5.74) is 6.19. The van der Waals surface area contributed by atoms with Crippen LogP contribution in [0.4, 0.5) is 5.69 Å². The molecule has 0 unspecified atom stereocenters. The fourth-order valence-corrected chi connectivity index (χ4v) is 3.90. The number of amides is 2. The number of nitrogens with zero attached hydrogens (tertiary/aromatic N) is 1. The van der Waals surface area contributed by atoms with Crippen LogP contribution in [0.1, 0.15) is 29.2 Å². The molecule has 0 heterocycles. The van der Waals surface area contributed by atoms with E-state index < -0.39 is 11.8 Å². The van der Waals surface area contributed by atoms with E-state index >= 15 is 0 Å². The van der Waals surface area contributed by atoms with E-state index in [2.05, 4.69) is 31.8 Å². The van der Waals surface area contributed by atoms with Crippen LogP contribution in [0, 0.1) is 13.8 Å². The number of anilines is 1. The third-order valence-electron chi connectivity index (χ3n) is 4.83. The van der Waals surface area contributed by atoms with E-state index in [1.807, 2.05) is 51.1 Å². The number of aryl methyl sites for hydroxylation is 2. The van der Waals surface area contributed by atoms with Gasteiger partial charge in [0.15, 0.2) is 11.5 Å². The van der Waals surface area contributed by atoms with Crippen molar-refractivity contribution in [2.24, 2.45) is 5.10 Å². The van der Waals surface area contributed by atoms with Crippen molar-refractivity contribution in [3.8, 4) is 11.5 Å². The van der Waals surface area contributed by atoms with Crippen molar-refractivity contribution in [2.75, 3.05) is 11.9 Å². The minimum absolute atomic E-state index is 0.304. The summed E-state index contributed by atoms with van der Waals surface area (Å²) >= 11 is 9.55. The molecule has 0 aliphatic carbocycles. The molecule has 0 atom stereocenters. The molecule has 9 heteroatoms. The Balaban J connectivity index is 1.66. The number of halogens is 2. The zero-order valence-corrected chi connectivity index (χ0v) is 21.9. The van der Waals surface area contributed by atoms with E-state index in [0.717, 1.165) is 16.7 Å². The van der Waals surface area contributed by atoms with Gasteiger partial charge in [0.25, 0.3) is 0 Å². The molecule has 0 saturated carbocycles. The van der Waals surface area contributed by atoms with Crippen molar-refractivity contribution in [3.05, 3.63) is 86.3 Å². The summed E-state index contributed by atoms with van der Waals surface area (Å²) < 4.78 is 12.3. The van der Waals surface area contributed by atoms with Crippen molar-refractivity contribution >= 4 is 51.2 Å². The molecule has 35 heavy (non-hydrogen) atoms. The van der Waals surface area contributed by atoms with Crippen LogP contribution in [0.3, 0.4) is 0 Å². The topological polar surface area (TPSA) is 89.0 Å². The Labute approximate surface area is 217 Å². The van der Waals surface area contributed by atoms with Crippen LogP contribution < -0.4 is 20.2 Å². The number of benzene rings is 3. The molecule has 182 valence electrons. The van der Waals surface area contributed by atoms with Gasteiger partial charge in [0.1, 0.15) is 6.61 Å². The Bertz CT molecular complexity index is 1260. The quantitative estimate of drug-likeness (QED) is 0.208. The van der Waals surface area contributed by atoms with Gasteiger partial charge in [-0.05, 0) is 89.3 Å². The van der Waals surface area contributed by atoms with Gasteiger partial charge in [-0.2, -0.15) is 5.10 Å². The van der Waals surface area contributed by atoms with E-state index in [1.54, 1.807) is 24.3 Å². The second-order valence-electron chi connectivity index (χ2n) is 7.65. The van der Waals surface area contributed by atoms with Crippen LogP contribution in [-0.2, 0) is 16.2 Å². The second kappa shape index (κ2) is 12.4. The molecule has 3 rings (SSSR count). The van der Waals surface area contributed by atoms with Crippen molar-refractivity contribution in [1.82, 2.24) is 5.43 Å². The normalized spacial score (nSPS) is 10.8. The number of nitrogens with one attached hydrogen (secondary N) is 2. The highest BCUT2D eigenvalue weighted by atomic mass is 79.9. The van der Waals surface area contributed by atoms with Gasteiger partial charge in [-0.15, -0.1) is 0 Å². The van der Waals surface area contributed by atoms with E-state index in [0.29, 0.717) is 45.5 Å². The van der Waals surface area contributed by atoms with Gasteiger partial charge in [-0.25, -0.2) is 5.43 Å².